The van der Waals surface area contributed by atoms with Gasteiger partial charge in [0.05, 0.1) is 19.7 Å². The molecular weight excluding hydrogens is 312 g/mol. The maximum Gasteiger partial charge on any atom is 0.162 e. The highest BCUT2D eigenvalue weighted by molar-refractivity contribution is 6.34. The Bertz CT molecular complexity index is 864. The second-order valence-electron chi connectivity index (χ2n) is 4.84. The second kappa shape index (κ2) is 6.67. The molecule has 0 atom stereocenters. The summed E-state index contributed by atoms with van der Waals surface area (Å²) in [5.74, 6) is 1.74. The summed E-state index contributed by atoms with van der Waals surface area (Å²) >= 11 is 6.29. The third-order valence-corrected chi connectivity index (χ3v) is 3.68. The quantitative estimate of drug-likeness (QED) is 0.663. The first-order valence-corrected chi connectivity index (χ1v) is 7.41. The number of halogens is 1. The van der Waals surface area contributed by atoms with Crippen LogP contribution in [0.15, 0.2) is 42.5 Å². The number of aromatic nitrogens is 2. The van der Waals surface area contributed by atoms with E-state index in [1.807, 2.05) is 42.5 Å². The molecule has 0 radical (unpaired) electrons. The first kappa shape index (κ1) is 15.3. The Labute approximate surface area is 139 Å². The molecule has 0 unspecified atom stereocenters. The Balaban J connectivity index is 2.05. The van der Waals surface area contributed by atoms with Gasteiger partial charge in [0, 0.05) is 11.5 Å². The van der Waals surface area contributed by atoms with Crippen molar-refractivity contribution in [2.45, 2.75) is 0 Å². The van der Waals surface area contributed by atoms with Crippen LogP contribution < -0.4 is 9.47 Å². The number of rotatable bonds is 4. The molecule has 0 saturated carbocycles. The van der Waals surface area contributed by atoms with Crippen LogP contribution in [0.3, 0.4) is 0 Å². The van der Waals surface area contributed by atoms with Crippen molar-refractivity contribution in [2.75, 3.05) is 14.2 Å². The molecule has 0 aliphatic heterocycles. The van der Waals surface area contributed by atoms with Crippen LogP contribution in [0, 0.1) is 0 Å². The van der Waals surface area contributed by atoms with E-state index < -0.39 is 0 Å². The minimum Gasteiger partial charge on any atom is -0.493 e. The van der Waals surface area contributed by atoms with E-state index in [1.165, 1.54) is 0 Å². The molecule has 1 heterocycles. The van der Waals surface area contributed by atoms with Crippen molar-refractivity contribution >= 4 is 34.7 Å². The molecule has 116 valence electrons. The van der Waals surface area contributed by atoms with Gasteiger partial charge in [0.25, 0.3) is 0 Å². The molecule has 0 aliphatic carbocycles. The largest absolute Gasteiger partial charge is 0.493 e. The predicted molar refractivity (Wildman–Crippen MR) is 93.0 cm³/mol. The first-order chi connectivity index (χ1) is 11.2. The van der Waals surface area contributed by atoms with Crippen LogP contribution in [0.1, 0.15) is 11.4 Å². The molecule has 0 amide bonds. The smallest absolute Gasteiger partial charge is 0.162 e. The Hall–Kier alpha value is -2.59. The summed E-state index contributed by atoms with van der Waals surface area (Å²) in [4.78, 5) is 8.84. The van der Waals surface area contributed by atoms with E-state index in [0.717, 1.165) is 10.9 Å². The SMILES string of the molecule is COc1cc2nc(/C=C/c3ccccc3)nc(Cl)c2cc1OC. The molecule has 1 aromatic heterocycles. The van der Waals surface area contributed by atoms with Crippen LogP contribution in [0.25, 0.3) is 23.1 Å². The van der Waals surface area contributed by atoms with Crippen LogP contribution in [-0.4, -0.2) is 24.2 Å². The Kier molecular flexibility index (Phi) is 4.44. The summed E-state index contributed by atoms with van der Waals surface area (Å²) in [6.45, 7) is 0. The molecular formula is C18H15ClN2O2. The molecule has 5 heteroatoms. The summed E-state index contributed by atoms with van der Waals surface area (Å²) in [7, 11) is 3.16. The zero-order chi connectivity index (χ0) is 16.2. The monoisotopic (exact) mass is 326 g/mol. The number of methoxy groups -OCH3 is 2. The number of hydrogen-bond acceptors (Lipinski definition) is 4. The lowest BCUT2D eigenvalue weighted by molar-refractivity contribution is 0.356. The molecule has 0 saturated heterocycles. The van der Waals surface area contributed by atoms with E-state index in [0.29, 0.717) is 28.0 Å². The second-order valence-corrected chi connectivity index (χ2v) is 5.20. The summed E-state index contributed by atoms with van der Waals surface area (Å²) in [6.07, 6.45) is 3.77. The fourth-order valence-electron chi connectivity index (χ4n) is 2.24. The summed E-state index contributed by atoms with van der Waals surface area (Å²) in [5, 5.41) is 1.10. The molecule has 2 aromatic carbocycles. The van der Waals surface area contributed by atoms with E-state index in [4.69, 9.17) is 21.1 Å². The number of benzene rings is 2. The lowest BCUT2D eigenvalue weighted by atomic mass is 10.2. The van der Waals surface area contributed by atoms with Crippen LogP contribution in [0.5, 0.6) is 11.5 Å². The van der Waals surface area contributed by atoms with Gasteiger partial charge in [-0.25, -0.2) is 9.97 Å². The fraction of sp³-hybridized carbons (Fsp3) is 0.111. The average Bonchev–Trinajstić information content (AvgIpc) is 2.59. The molecule has 4 nitrogen and oxygen atoms in total. The molecule has 0 spiro atoms. The van der Waals surface area contributed by atoms with Crippen molar-refractivity contribution in [3.05, 3.63) is 59.0 Å². The zero-order valence-electron chi connectivity index (χ0n) is 12.8. The number of nitrogens with zero attached hydrogens (tertiary/aromatic N) is 2. The lowest BCUT2D eigenvalue weighted by Crippen LogP contribution is -1.95. The number of ether oxygens (including phenoxy) is 2. The van der Waals surface area contributed by atoms with Crippen LogP contribution in [0.4, 0.5) is 0 Å². The maximum atomic E-state index is 6.29. The Morgan fingerprint density at radius 1 is 0.913 bits per heavy atom. The van der Waals surface area contributed by atoms with Crippen molar-refractivity contribution in [3.63, 3.8) is 0 Å². The minimum atomic E-state index is 0.378. The van der Waals surface area contributed by atoms with Gasteiger partial charge in [-0.15, -0.1) is 0 Å². The van der Waals surface area contributed by atoms with Gasteiger partial charge in [0.2, 0.25) is 0 Å². The van der Waals surface area contributed by atoms with Crippen molar-refractivity contribution in [3.8, 4) is 11.5 Å². The third kappa shape index (κ3) is 3.27. The topological polar surface area (TPSA) is 44.2 Å². The van der Waals surface area contributed by atoms with E-state index >= 15 is 0 Å². The minimum absolute atomic E-state index is 0.378. The predicted octanol–water partition coefficient (Wildman–Crippen LogP) is 4.47. The first-order valence-electron chi connectivity index (χ1n) is 7.03. The molecule has 23 heavy (non-hydrogen) atoms. The van der Waals surface area contributed by atoms with Gasteiger partial charge in [0.15, 0.2) is 17.3 Å². The summed E-state index contributed by atoms with van der Waals surface area (Å²) < 4.78 is 10.6. The van der Waals surface area contributed by atoms with Crippen LogP contribution in [0.2, 0.25) is 5.15 Å². The molecule has 3 rings (SSSR count). The van der Waals surface area contributed by atoms with E-state index in [-0.39, 0.29) is 0 Å². The van der Waals surface area contributed by atoms with E-state index in [2.05, 4.69) is 9.97 Å². The highest BCUT2D eigenvalue weighted by Crippen LogP contribution is 2.33. The van der Waals surface area contributed by atoms with Gasteiger partial charge in [-0.2, -0.15) is 0 Å². The molecule has 0 fully saturated rings. The molecule has 0 aliphatic rings. The van der Waals surface area contributed by atoms with E-state index in [9.17, 15) is 0 Å². The van der Waals surface area contributed by atoms with Crippen molar-refractivity contribution in [2.24, 2.45) is 0 Å². The normalized spacial score (nSPS) is 11.1. The average molecular weight is 327 g/mol. The van der Waals surface area contributed by atoms with Gasteiger partial charge in [-0.05, 0) is 17.7 Å². The highest BCUT2D eigenvalue weighted by atomic mass is 35.5. The molecule has 3 aromatic rings. The fourth-order valence-corrected chi connectivity index (χ4v) is 2.48. The number of hydrogen-bond donors (Lipinski definition) is 0. The maximum absolute atomic E-state index is 6.29. The van der Waals surface area contributed by atoms with E-state index in [1.54, 1.807) is 26.4 Å². The Morgan fingerprint density at radius 2 is 1.61 bits per heavy atom. The van der Waals surface area contributed by atoms with Gasteiger partial charge in [-0.3, -0.25) is 0 Å². The van der Waals surface area contributed by atoms with Crippen molar-refractivity contribution in [1.29, 1.82) is 0 Å². The zero-order valence-corrected chi connectivity index (χ0v) is 13.5. The number of fused-ring (bicyclic) bond motifs is 1. The Morgan fingerprint density at radius 3 is 2.30 bits per heavy atom. The van der Waals surface area contributed by atoms with Crippen molar-refractivity contribution in [1.82, 2.24) is 9.97 Å². The van der Waals surface area contributed by atoms with Gasteiger partial charge in [-0.1, -0.05) is 48.0 Å². The van der Waals surface area contributed by atoms with Gasteiger partial charge in [0.1, 0.15) is 5.15 Å². The van der Waals surface area contributed by atoms with Crippen LogP contribution >= 0.6 is 11.6 Å². The standard InChI is InChI=1S/C18H15ClN2O2/c1-22-15-10-13-14(11-16(15)23-2)20-17(21-18(13)19)9-8-12-6-4-3-5-7-12/h3-11H,1-2H3/b9-8+. The third-order valence-electron chi connectivity index (χ3n) is 3.40. The lowest BCUT2D eigenvalue weighted by Gasteiger charge is -2.09. The molecule has 0 N–H and O–H groups in total. The summed E-state index contributed by atoms with van der Waals surface area (Å²) in [6, 6.07) is 13.5. The van der Waals surface area contributed by atoms with Gasteiger partial charge >= 0.3 is 0 Å². The van der Waals surface area contributed by atoms with Crippen molar-refractivity contribution < 1.29 is 9.47 Å². The molecule has 0 bridgehead atoms. The highest BCUT2D eigenvalue weighted by Gasteiger charge is 2.11. The van der Waals surface area contributed by atoms with Gasteiger partial charge < -0.3 is 9.47 Å². The summed E-state index contributed by atoms with van der Waals surface area (Å²) in [5.41, 5.74) is 1.77. The van der Waals surface area contributed by atoms with Crippen LogP contribution in [-0.2, 0) is 0 Å².